The first-order valence-corrected chi connectivity index (χ1v) is 5.39. The number of hydrogen-bond acceptors (Lipinski definition) is 3. The van der Waals surface area contributed by atoms with Crippen LogP contribution < -0.4 is 9.47 Å². The van der Waals surface area contributed by atoms with Crippen LogP contribution in [0.25, 0.3) is 0 Å². The summed E-state index contributed by atoms with van der Waals surface area (Å²) in [4.78, 5) is 0. The number of hydrogen-bond donors (Lipinski definition) is 0. The molecule has 1 aromatic carbocycles. The maximum atomic E-state index is 8.89. The third-order valence-electron chi connectivity index (χ3n) is 1.75. The lowest BCUT2D eigenvalue weighted by atomic mass is 10.2. The molecule has 16 heavy (non-hydrogen) atoms. The molecule has 0 spiro atoms. The van der Waals surface area contributed by atoms with Gasteiger partial charge >= 0.3 is 0 Å². The van der Waals surface area contributed by atoms with Gasteiger partial charge in [-0.1, -0.05) is 0 Å². The molecule has 3 nitrogen and oxygen atoms in total. The van der Waals surface area contributed by atoms with E-state index in [0.717, 1.165) is 0 Å². The van der Waals surface area contributed by atoms with Crippen LogP contribution >= 0.6 is 0 Å². The summed E-state index contributed by atoms with van der Waals surface area (Å²) in [5.41, 5.74) is 0.550. The molecular weight excluding hydrogens is 202 g/mol. The Kier molecular flexibility index (Phi) is 4.19. The van der Waals surface area contributed by atoms with Crippen molar-refractivity contribution in [2.75, 3.05) is 0 Å². The van der Waals surface area contributed by atoms with E-state index in [1.165, 1.54) is 0 Å². The highest BCUT2D eigenvalue weighted by molar-refractivity contribution is 5.44. The van der Waals surface area contributed by atoms with E-state index in [1.54, 1.807) is 18.2 Å². The SMILES string of the molecule is CC(C)Oc1cc(C#N)cc(OC(C)C)c1. The lowest BCUT2D eigenvalue weighted by molar-refractivity contribution is 0.229. The van der Waals surface area contributed by atoms with E-state index in [1.807, 2.05) is 27.7 Å². The minimum atomic E-state index is 0.0841. The van der Waals surface area contributed by atoms with Gasteiger partial charge in [0.2, 0.25) is 0 Å². The van der Waals surface area contributed by atoms with Gasteiger partial charge in [0.15, 0.2) is 0 Å². The molecule has 86 valence electrons. The first kappa shape index (κ1) is 12.4. The molecule has 0 aliphatic heterocycles. The summed E-state index contributed by atoms with van der Waals surface area (Å²) in [5.74, 6) is 1.34. The summed E-state index contributed by atoms with van der Waals surface area (Å²) in [5, 5.41) is 8.89. The first-order chi connectivity index (χ1) is 7.51. The Labute approximate surface area is 96.6 Å². The van der Waals surface area contributed by atoms with Gasteiger partial charge in [0.25, 0.3) is 0 Å². The molecule has 0 saturated carbocycles. The highest BCUT2D eigenvalue weighted by Crippen LogP contribution is 2.24. The van der Waals surface area contributed by atoms with Crippen LogP contribution in [-0.4, -0.2) is 12.2 Å². The van der Waals surface area contributed by atoms with E-state index < -0.39 is 0 Å². The van der Waals surface area contributed by atoms with Crippen LogP contribution in [0.15, 0.2) is 18.2 Å². The minimum absolute atomic E-state index is 0.0841. The first-order valence-electron chi connectivity index (χ1n) is 5.39. The van der Waals surface area contributed by atoms with Crippen molar-refractivity contribution in [1.29, 1.82) is 5.26 Å². The van der Waals surface area contributed by atoms with Crippen molar-refractivity contribution < 1.29 is 9.47 Å². The minimum Gasteiger partial charge on any atom is -0.491 e. The molecule has 0 unspecified atom stereocenters. The Morgan fingerprint density at radius 1 is 0.938 bits per heavy atom. The van der Waals surface area contributed by atoms with Crippen LogP contribution in [0.1, 0.15) is 33.3 Å². The van der Waals surface area contributed by atoms with Gasteiger partial charge in [-0.25, -0.2) is 0 Å². The van der Waals surface area contributed by atoms with Crippen molar-refractivity contribution in [3.05, 3.63) is 23.8 Å². The zero-order valence-corrected chi connectivity index (χ0v) is 10.2. The standard InChI is InChI=1S/C13H17NO2/c1-9(2)15-12-5-11(8-14)6-13(7-12)16-10(3)4/h5-7,9-10H,1-4H3. The number of benzene rings is 1. The second-order valence-corrected chi connectivity index (χ2v) is 4.14. The normalized spacial score (nSPS) is 10.3. The molecule has 0 bridgehead atoms. The van der Waals surface area contributed by atoms with Gasteiger partial charge in [0.05, 0.1) is 23.8 Å². The van der Waals surface area contributed by atoms with Gasteiger partial charge < -0.3 is 9.47 Å². The maximum absolute atomic E-state index is 8.89. The van der Waals surface area contributed by atoms with Crippen LogP contribution in [0.4, 0.5) is 0 Å². The number of nitrogens with zero attached hydrogens (tertiary/aromatic N) is 1. The van der Waals surface area contributed by atoms with Crippen molar-refractivity contribution >= 4 is 0 Å². The Bertz CT molecular complexity index is 363. The van der Waals surface area contributed by atoms with Crippen LogP contribution in [0.2, 0.25) is 0 Å². The van der Waals surface area contributed by atoms with E-state index in [9.17, 15) is 0 Å². The second kappa shape index (κ2) is 5.41. The summed E-state index contributed by atoms with van der Waals surface area (Å²) in [6.07, 6.45) is 0.168. The quantitative estimate of drug-likeness (QED) is 0.781. The lowest BCUT2D eigenvalue weighted by Gasteiger charge is -2.14. The average molecular weight is 219 g/mol. The molecule has 0 aliphatic rings. The number of nitriles is 1. The van der Waals surface area contributed by atoms with E-state index in [2.05, 4.69) is 6.07 Å². The average Bonchev–Trinajstić information content (AvgIpc) is 2.14. The van der Waals surface area contributed by atoms with Crippen molar-refractivity contribution in [3.8, 4) is 17.6 Å². The molecule has 0 aromatic heterocycles. The molecule has 0 atom stereocenters. The van der Waals surface area contributed by atoms with E-state index in [0.29, 0.717) is 17.1 Å². The Hall–Kier alpha value is -1.69. The molecule has 0 amide bonds. The van der Waals surface area contributed by atoms with Gasteiger partial charge in [-0.05, 0) is 39.8 Å². The highest BCUT2D eigenvalue weighted by Gasteiger charge is 2.05. The van der Waals surface area contributed by atoms with Crippen LogP contribution in [-0.2, 0) is 0 Å². The zero-order chi connectivity index (χ0) is 12.1. The molecule has 0 fully saturated rings. The van der Waals surface area contributed by atoms with E-state index >= 15 is 0 Å². The van der Waals surface area contributed by atoms with Crippen LogP contribution in [0.3, 0.4) is 0 Å². The van der Waals surface area contributed by atoms with Gasteiger partial charge in [-0.3, -0.25) is 0 Å². The predicted octanol–water partition coefficient (Wildman–Crippen LogP) is 3.13. The van der Waals surface area contributed by atoms with Crippen molar-refractivity contribution in [3.63, 3.8) is 0 Å². The summed E-state index contributed by atoms with van der Waals surface area (Å²) in [7, 11) is 0. The smallest absolute Gasteiger partial charge is 0.124 e. The summed E-state index contributed by atoms with van der Waals surface area (Å²) < 4.78 is 11.1. The molecule has 1 aromatic rings. The van der Waals surface area contributed by atoms with E-state index in [4.69, 9.17) is 14.7 Å². The largest absolute Gasteiger partial charge is 0.491 e. The molecule has 0 N–H and O–H groups in total. The fraction of sp³-hybridized carbons (Fsp3) is 0.462. The molecule has 1 rings (SSSR count). The van der Waals surface area contributed by atoms with Crippen molar-refractivity contribution in [2.45, 2.75) is 39.9 Å². The second-order valence-electron chi connectivity index (χ2n) is 4.14. The third-order valence-corrected chi connectivity index (χ3v) is 1.75. The Morgan fingerprint density at radius 2 is 1.38 bits per heavy atom. The molecule has 3 heteroatoms. The summed E-state index contributed by atoms with van der Waals surface area (Å²) >= 11 is 0. The van der Waals surface area contributed by atoms with Gasteiger partial charge in [0.1, 0.15) is 11.5 Å². The van der Waals surface area contributed by atoms with Gasteiger partial charge in [-0.2, -0.15) is 5.26 Å². The van der Waals surface area contributed by atoms with Gasteiger partial charge in [0, 0.05) is 6.07 Å². The molecule has 0 saturated heterocycles. The molecular formula is C13H17NO2. The topological polar surface area (TPSA) is 42.2 Å². The zero-order valence-electron chi connectivity index (χ0n) is 10.2. The maximum Gasteiger partial charge on any atom is 0.124 e. The van der Waals surface area contributed by atoms with Crippen LogP contribution in [0, 0.1) is 11.3 Å². The summed E-state index contributed by atoms with van der Waals surface area (Å²) in [6.45, 7) is 7.79. The molecule has 0 radical (unpaired) electrons. The third kappa shape index (κ3) is 3.82. The monoisotopic (exact) mass is 219 g/mol. The Balaban J connectivity index is 2.97. The number of rotatable bonds is 4. The van der Waals surface area contributed by atoms with Crippen molar-refractivity contribution in [2.24, 2.45) is 0 Å². The van der Waals surface area contributed by atoms with Crippen LogP contribution in [0.5, 0.6) is 11.5 Å². The van der Waals surface area contributed by atoms with E-state index in [-0.39, 0.29) is 12.2 Å². The number of ether oxygens (including phenoxy) is 2. The highest BCUT2D eigenvalue weighted by atomic mass is 16.5. The van der Waals surface area contributed by atoms with Crippen molar-refractivity contribution in [1.82, 2.24) is 0 Å². The lowest BCUT2D eigenvalue weighted by Crippen LogP contribution is -2.08. The summed E-state index contributed by atoms with van der Waals surface area (Å²) in [6, 6.07) is 7.33. The predicted molar refractivity (Wildman–Crippen MR) is 62.7 cm³/mol. The molecule has 0 aliphatic carbocycles. The molecule has 0 heterocycles. The Morgan fingerprint density at radius 3 is 1.69 bits per heavy atom. The fourth-order valence-corrected chi connectivity index (χ4v) is 1.32. The fourth-order valence-electron chi connectivity index (χ4n) is 1.32. The van der Waals surface area contributed by atoms with Gasteiger partial charge in [-0.15, -0.1) is 0 Å².